The summed E-state index contributed by atoms with van der Waals surface area (Å²) in [4.78, 5) is 5.16. The van der Waals surface area contributed by atoms with Gasteiger partial charge in [0.25, 0.3) is 10.0 Å². The van der Waals surface area contributed by atoms with Crippen LogP contribution in [0, 0.1) is 6.92 Å². The molecule has 9 heteroatoms. The second-order valence-corrected chi connectivity index (χ2v) is 6.97. The monoisotopic (exact) mass is 301 g/mol. The van der Waals surface area contributed by atoms with Gasteiger partial charge in [0.05, 0.1) is 12.7 Å². The minimum Gasteiger partial charge on any atom is -0.316 e. The van der Waals surface area contributed by atoms with E-state index in [1.807, 2.05) is 6.92 Å². The van der Waals surface area contributed by atoms with Gasteiger partial charge in [0.1, 0.15) is 5.01 Å². The molecule has 0 bridgehead atoms. The molecule has 2 aromatic rings. The zero-order valence-electron chi connectivity index (χ0n) is 10.6. The zero-order chi connectivity index (χ0) is 13.9. The van der Waals surface area contributed by atoms with Crippen LogP contribution in [0.5, 0.6) is 0 Å². The molecule has 2 rings (SSSR count). The number of rotatable bonds is 6. The van der Waals surface area contributed by atoms with Crippen LogP contribution in [0.2, 0.25) is 0 Å². The van der Waals surface area contributed by atoms with E-state index in [9.17, 15) is 8.42 Å². The average molecular weight is 301 g/mol. The summed E-state index contributed by atoms with van der Waals surface area (Å²) < 4.78 is 26.8. The highest BCUT2D eigenvalue weighted by Gasteiger charge is 2.20. The molecule has 0 aliphatic heterocycles. The van der Waals surface area contributed by atoms with Crippen molar-refractivity contribution in [2.24, 2.45) is 0 Å². The second kappa shape index (κ2) is 5.78. The summed E-state index contributed by atoms with van der Waals surface area (Å²) in [7, 11) is -1.85. The number of nitrogens with one attached hydrogen (secondary N) is 3. The molecule has 3 N–H and O–H groups in total. The van der Waals surface area contributed by atoms with E-state index in [-0.39, 0.29) is 11.6 Å². The van der Waals surface area contributed by atoms with Gasteiger partial charge in [-0.25, -0.2) is 18.1 Å². The van der Waals surface area contributed by atoms with Crippen LogP contribution in [0.3, 0.4) is 0 Å². The minimum absolute atomic E-state index is 0.0927. The third-order valence-electron chi connectivity index (χ3n) is 2.40. The molecule has 104 valence electrons. The van der Waals surface area contributed by atoms with E-state index in [0.717, 1.165) is 9.88 Å². The first-order valence-corrected chi connectivity index (χ1v) is 7.90. The fourth-order valence-corrected chi connectivity index (χ4v) is 3.49. The third-order valence-corrected chi connectivity index (χ3v) is 4.72. The molecule has 0 aromatic carbocycles. The van der Waals surface area contributed by atoms with Crippen molar-refractivity contribution in [1.82, 2.24) is 25.2 Å². The number of thiazole rings is 1. The molecule has 0 aliphatic carbocycles. The van der Waals surface area contributed by atoms with Gasteiger partial charge in [-0.05, 0) is 14.0 Å². The van der Waals surface area contributed by atoms with Gasteiger partial charge in [-0.3, -0.25) is 5.10 Å². The largest absolute Gasteiger partial charge is 0.316 e. The summed E-state index contributed by atoms with van der Waals surface area (Å²) >= 11 is 1.46. The topological polar surface area (TPSA) is 99.8 Å². The van der Waals surface area contributed by atoms with E-state index in [2.05, 4.69) is 25.2 Å². The smallest absolute Gasteiger partial charge is 0.258 e. The Hall–Kier alpha value is -1.29. The van der Waals surface area contributed by atoms with Gasteiger partial charge in [-0.2, -0.15) is 5.10 Å². The third kappa shape index (κ3) is 3.38. The Morgan fingerprint density at radius 2 is 2.16 bits per heavy atom. The maximum absolute atomic E-state index is 12.1. The van der Waals surface area contributed by atoms with E-state index in [1.54, 1.807) is 13.2 Å². The number of H-pyrrole nitrogens is 1. The quantitative estimate of drug-likeness (QED) is 0.716. The molecule has 0 atom stereocenters. The highest BCUT2D eigenvalue weighted by molar-refractivity contribution is 7.89. The van der Waals surface area contributed by atoms with Gasteiger partial charge >= 0.3 is 0 Å². The molecule has 0 unspecified atom stereocenters. The van der Waals surface area contributed by atoms with Gasteiger partial charge in [0, 0.05) is 23.2 Å². The van der Waals surface area contributed by atoms with Crippen molar-refractivity contribution in [2.45, 2.75) is 25.0 Å². The van der Waals surface area contributed by atoms with E-state index >= 15 is 0 Å². The second-order valence-electron chi connectivity index (χ2n) is 3.94. The molecule has 0 spiro atoms. The predicted molar refractivity (Wildman–Crippen MR) is 72.2 cm³/mol. The molecule has 7 nitrogen and oxygen atoms in total. The number of hydrogen-bond donors (Lipinski definition) is 3. The standard InChI is InChI=1S/C10H15N5O2S2/c1-7-3-12-9(18-7)6-14-19(16,17)10-8(4-11-2)5-13-15-10/h3,5,11,14H,4,6H2,1-2H3,(H,13,15). The van der Waals surface area contributed by atoms with E-state index in [0.29, 0.717) is 12.1 Å². The molecule has 0 saturated carbocycles. The molecule has 0 saturated heterocycles. The van der Waals surface area contributed by atoms with Crippen molar-refractivity contribution in [3.63, 3.8) is 0 Å². The summed E-state index contributed by atoms with van der Waals surface area (Å²) in [5.41, 5.74) is 0.602. The maximum Gasteiger partial charge on any atom is 0.258 e. The Kier molecular flexibility index (Phi) is 4.30. The lowest BCUT2D eigenvalue weighted by atomic mass is 10.4. The number of sulfonamides is 1. The van der Waals surface area contributed by atoms with Crippen molar-refractivity contribution in [2.75, 3.05) is 7.05 Å². The first-order valence-electron chi connectivity index (χ1n) is 5.61. The van der Waals surface area contributed by atoms with Crippen molar-refractivity contribution >= 4 is 21.4 Å². The lowest BCUT2D eigenvalue weighted by Crippen LogP contribution is -2.25. The Morgan fingerprint density at radius 3 is 2.79 bits per heavy atom. The van der Waals surface area contributed by atoms with E-state index < -0.39 is 10.0 Å². The summed E-state index contributed by atoms with van der Waals surface area (Å²) in [6, 6.07) is 0. The number of aromatic nitrogens is 3. The van der Waals surface area contributed by atoms with Crippen LogP contribution in [0.4, 0.5) is 0 Å². The van der Waals surface area contributed by atoms with E-state index in [4.69, 9.17) is 0 Å². The van der Waals surface area contributed by atoms with Gasteiger partial charge in [-0.1, -0.05) is 0 Å². The molecule has 2 aromatic heterocycles. The van der Waals surface area contributed by atoms with Crippen LogP contribution in [0.25, 0.3) is 0 Å². The molecule has 0 radical (unpaired) electrons. The molecule has 0 fully saturated rings. The van der Waals surface area contributed by atoms with Crippen LogP contribution in [-0.4, -0.2) is 30.6 Å². The zero-order valence-corrected chi connectivity index (χ0v) is 12.2. The van der Waals surface area contributed by atoms with Crippen LogP contribution >= 0.6 is 11.3 Å². The Labute approximate surface area is 115 Å². The number of aromatic amines is 1. The number of hydrogen-bond acceptors (Lipinski definition) is 6. The predicted octanol–water partition coefficient (Wildman–Crippen LogP) is 0.373. The van der Waals surface area contributed by atoms with Gasteiger partial charge < -0.3 is 5.32 Å². The molecule has 2 heterocycles. The maximum atomic E-state index is 12.1. The number of nitrogens with zero attached hydrogens (tertiary/aromatic N) is 2. The van der Waals surface area contributed by atoms with Crippen LogP contribution in [0.15, 0.2) is 17.4 Å². The van der Waals surface area contributed by atoms with Crippen LogP contribution in [-0.2, 0) is 23.1 Å². The van der Waals surface area contributed by atoms with Crippen LogP contribution in [0.1, 0.15) is 15.4 Å². The van der Waals surface area contributed by atoms with Crippen molar-refractivity contribution in [1.29, 1.82) is 0 Å². The summed E-state index contributed by atoms with van der Waals surface area (Å²) in [5, 5.41) is 10.0. The lowest BCUT2D eigenvalue weighted by Gasteiger charge is -2.05. The lowest BCUT2D eigenvalue weighted by molar-refractivity contribution is 0.574. The summed E-state index contributed by atoms with van der Waals surface area (Å²) in [6.07, 6.45) is 3.22. The molecule has 19 heavy (non-hydrogen) atoms. The van der Waals surface area contributed by atoms with E-state index in [1.165, 1.54) is 17.5 Å². The fourth-order valence-electron chi connectivity index (χ4n) is 1.56. The SMILES string of the molecule is CNCc1cn[nH]c1S(=O)(=O)NCc1ncc(C)s1. The first-order chi connectivity index (χ1) is 9.03. The Morgan fingerprint density at radius 1 is 1.37 bits per heavy atom. The van der Waals surface area contributed by atoms with Gasteiger partial charge in [-0.15, -0.1) is 11.3 Å². The van der Waals surface area contributed by atoms with Gasteiger partial charge in [0.2, 0.25) is 0 Å². The fraction of sp³-hybridized carbons (Fsp3) is 0.400. The average Bonchev–Trinajstić information content (AvgIpc) is 2.97. The summed E-state index contributed by atoms with van der Waals surface area (Å²) in [6.45, 7) is 2.54. The summed E-state index contributed by atoms with van der Waals surface area (Å²) in [5.74, 6) is 0. The number of aryl methyl sites for hydroxylation is 1. The molecular weight excluding hydrogens is 286 g/mol. The normalized spacial score (nSPS) is 11.9. The van der Waals surface area contributed by atoms with Gasteiger partial charge in [0.15, 0.2) is 5.03 Å². The highest BCUT2D eigenvalue weighted by atomic mass is 32.2. The van der Waals surface area contributed by atoms with Crippen molar-refractivity contribution in [3.8, 4) is 0 Å². The van der Waals surface area contributed by atoms with Crippen LogP contribution < -0.4 is 10.0 Å². The van der Waals surface area contributed by atoms with Crippen molar-refractivity contribution in [3.05, 3.63) is 27.8 Å². The molecule has 0 amide bonds. The molecule has 0 aliphatic rings. The van der Waals surface area contributed by atoms with Crippen molar-refractivity contribution < 1.29 is 8.42 Å². The Bertz CT molecular complexity index is 646. The Balaban J connectivity index is 2.11. The highest BCUT2D eigenvalue weighted by Crippen LogP contribution is 2.14. The first kappa shape index (κ1) is 14.1. The minimum atomic E-state index is -3.60. The molecular formula is C10H15N5O2S2.